The van der Waals surface area contributed by atoms with Crippen molar-refractivity contribution in [1.29, 1.82) is 0 Å². The standard InChI is InChI=1S/C22H22F2N2O2/c23-16-8-15(9-17(24)11-16)19-12-26(22(28)14-2-1-3-18(27)10-14)20-13-4-6-25(7-5-13)21(19)20/h1-3,8-11,13,19-21,27H,4-7,12H2/t19-,20-,21-/m1/s1. The van der Waals surface area contributed by atoms with E-state index < -0.39 is 11.6 Å². The topological polar surface area (TPSA) is 43.8 Å². The molecule has 4 nitrogen and oxygen atoms in total. The normalized spacial score (nSPS) is 31.1. The van der Waals surface area contributed by atoms with E-state index in [1.165, 1.54) is 24.3 Å². The predicted octanol–water partition coefficient (Wildman–Crippen LogP) is 3.37. The van der Waals surface area contributed by atoms with Crippen molar-refractivity contribution in [2.75, 3.05) is 19.6 Å². The monoisotopic (exact) mass is 384 g/mol. The summed E-state index contributed by atoms with van der Waals surface area (Å²) in [5.74, 6) is -0.960. The highest BCUT2D eigenvalue weighted by atomic mass is 19.1. The average Bonchev–Trinajstić information content (AvgIpc) is 3.10. The SMILES string of the molecule is O=C(c1cccc(O)c1)N1C[C@H](c2cc(F)cc(F)c2)[C@@H]2[C@H]1C1CCN2CC1. The van der Waals surface area contributed by atoms with Gasteiger partial charge in [-0.05, 0) is 67.7 Å². The first-order valence-corrected chi connectivity index (χ1v) is 9.81. The number of amides is 1. The second-order valence-corrected chi connectivity index (χ2v) is 8.17. The molecule has 2 aromatic carbocycles. The second kappa shape index (κ2) is 6.55. The van der Waals surface area contributed by atoms with Gasteiger partial charge in [0, 0.05) is 30.1 Å². The zero-order valence-corrected chi connectivity index (χ0v) is 15.4. The maximum atomic E-state index is 13.9. The minimum Gasteiger partial charge on any atom is -0.508 e. The first-order valence-electron chi connectivity index (χ1n) is 9.81. The molecule has 28 heavy (non-hydrogen) atoms. The van der Waals surface area contributed by atoms with Crippen LogP contribution < -0.4 is 0 Å². The van der Waals surface area contributed by atoms with Crippen molar-refractivity contribution in [3.63, 3.8) is 0 Å². The number of carbonyl (C=O) groups is 1. The zero-order valence-electron chi connectivity index (χ0n) is 15.4. The van der Waals surface area contributed by atoms with Gasteiger partial charge in [0.1, 0.15) is 17.4 Å². The molecule has 4 aliphatic rings. The Labute approximate surface area is 162 Å². The maximum Gasteiger partial charge on any atom is 0.254 e. The Morgan fingerprint density at radius 1 is 1.00 bits per heavy atom. The van der Waals surface area contributed by atoms with Crippen molar-refractivity contribution >= 4 is 5.91 Å². The molecule has 4 heterocycles. The number of rotatable bonds is 2. The van der Waals surface area contributed by atoms with Crippen LogP contribution >= 0.6 is 0 Å². The number of fused-ring (bicyclic) bond motifs is 2. The Morgan fingerprint density at radius 3 is 2.39 bits per heavy atom. The third-order valence-corrected chi connectivity index (χ3v) is 6.66. The molecule has 0 unspecified atom stereocenters. The van der Waals surface area contributed by atoms with E-state index in [-0.39, 0.29) is 29.7 Å². The lowest BCUT2D eigenvalue weighted by molar-refractivity contribution is -0.00344. The fourth-order valence-electron chi connectivity index (χ4n) is 5.54. The molecule has 2 bridgehead atoms. The molecule has 0 aromatic heterocycles. The van der Waals surface area contributed by atoms with Crippen LogP contribution in [0.4, 0.5) is 8.78 Å². The Morgan fingerprint density at radius 2 is 1.71 bits per heavy atom. The van der Waals surface area contributed by atoms with E-state index in [1.807, 2.05) is 4.90 Å². The Balaban J connectivity index is 1.54. The highest BCUT2D eigenvalue weighted by Gasteiger charge is 2.54. The number of nitrogens with zero attached hydrogens (tertiary/aromatic N) is 2. The lowest BCUT2D eigenvalue weighted by Gasteiger charge is -2.51. The molecule has 2 aromatic rings. The maximum absolute atomic E-state index is 13.9. The molecular weight excluding hydrogens is 362 g/mol. The lowest BCUT2D eigenvalue weighted by atomic mass is 9.75. The van der Waals surface area contributed by atoms with E-state index in [0.717, 1.165) is 32.0 Å². The number of hydrogen-bond donors (Lipinski definition) is 1. The molecule has 146 valence electrons. The highest BCUT2D eigenvalue weighted by Crippen LogP contribution is 2.47. The van der Waals surface area contributed by atoms with Crippen molar-refractivity contribution < 1.29 is 18.7 Å². The molecule has 3 atom stereocenters. The summed E-state index contributed by atoms with van der Waals surface area (Å²) in [5, 5.41) is 9.77. The van der Waals surface area contributed by atoms with Gasteiger partial charge in [-0.1, -0.05) is 6.07 Å². The number of likely N-dealkylation sites (tertiary alicyclic amines) is 1. The van der Waals surface area contributed by atoms with Crippen molar-refractivity contribution in [2.24, 2.45) is 5.92 Å². The average molecular weight is 384 g/mol. The fourth-order valence-corrected chi connectivity index (χ4v) is 5.54. The van der Waals surface area contributed by atoms with Gasteiger partial charge < -0.3 is 10.0 Å². The van der Waals surface area contributed by atoms with Crippen LogP contribution in [0.25, 0.3) is 0 Å². The van der Waals surface area contributed by atoms with Crippen molar-refractivity contribution in [3.8, 4) is 5.75 Å². The van der Waals surface area contributed by atoms with Crippen LogP contribution in [0.15, 0.2) is 42.5 Å². The van der Waals surface area contributed by atoms with E-state index in [2.05, 4.69) is 4.90 Å². The Hall–Kier alpha value is -2.47. The number of piperidine rings is 3. The molecule has 4 aliphatic heterocycles. The van der Waals surface area contributed by atoms with Crippen LogP contribution in [0.2, 0.25) is 0 Å². The summed E-state index contributed by atoms with van der Waals surface area (Å²) < 4.78 is 27.8. The van der Waals surface area contributed by atoms with Gasteiger partial charge in [0.2, 0.25) is 0 Å². The highest BCUT2D eigenvalue weighted by molar-refractivity contribution is 5.95. The van der Waals surface area contributed by atoms with E-state index in [0.29, 0.717) is 23.6 Å². The van der Waals surface area contributed by atoms with Crippen LogP contribution in [0.3, 0.4) is 0 Å². The minimum absolute atomic E-state index is 0.0358. The van der Waals surface area contributed by atoms with Gasteiger partial charge in [0.15, 0.2) is 0 Å². The Bertz CT molecular complexity index is 906. The first kappa shape index (κ1) is 17.6. The summed E-state index contributed by atoms with van der Waals surface area (Å²) in [7, 11) is 0. The number of aromatic hydroxyl groups is 1. The predicted molar refractivity (Wildman–Crippen MR) is 100 cm³/mol. The van der Waals surface area contributed by atoms with Crippen molar-refractivity contribution in [1.82, 2.24) is 9.80 Å². The fraction of sp³-hybridized carbons (Fsp3) is 0.409. The largest absolute Gasteiger partial charge is 0.508 e. The third-order valence-electron chi connectivity index (χ3n) is 6.66. The van der Waals surface area contributed by atoms with Crippen LogP contribution in [0, 0.1) is 17.6 Å². The first-order chi connectivity index (χ1) is 13.5. The molecule has 4 fully saturated rings. The number of phenols is 1. The number of hydrogen-bond acceptors (Lipinski definition) is 3. The zero-order chi connectivity index (χ0) is 19.4. The molecular formula is C22H22F2N2O2. The summed E-state index contributed by atoms with van der Waals surface area (Å²) in [6, 6.07) is 10.2. The number of benzene rings is 2. The van der Waals surface area contributed by atoms with Gasteiger partial charge in [-0.2, -0.15) is 0 Å². The molecule has 6 rings (SSSR count). The lowest BCUT2D eigenvalue weighted by Crippen LogP contribution is -2.60. The number of phenolic OH excluding ortho intramolecular Hbond substituents is 1. The molecule has 4 saturated heterocycles. The summed E-state index contributed by atoms with van der Waals surface area (Å²) in [5.41, 5.74) is 1.06. The van der Waals surface area contributed by atoms with Crippen molar-refractivity contribution in [2.45, 2.75) is 30.8 Å². The van der Waals surface area contributed by atoms with Gasteiger partial charge in [0.05, 0.1) is 6.04 Å². The molecule has 0 spiro atoms. The van der Waals surface area contributed by atoms with Crippen LogP contribution in [-0.2, 0) is 0 Å². The van der Waals surface area contributed by atoms with E-state index in [1.54, 1.807) is 12.1 Å². The minimum atomic E-state index is -0.583. The van der Waals surface area contributed by atoms with Gasteiger partial charge in [-0.25, -0.2) is 8.78 Å². The quantitative estimate of drug-likeness (QED) is 0.863. The summed E-state index contributed by atoms with van der Waals surface area (Å²) in [4.78, 5) is 17.5. The molecule has 1 N–H and O–H groups in total. The smallest absolute Gasteiger partial charge is 0.254 e. The summed E-state index contributed by atoms with van der Waals surface area (Å²) in [6.45, 7) is 2.36. The molecule has 0 saturated carbocycles. The van der Waals surface area contributed by atoms with Gasteiger partial charge in [-0.3, -0.25) is 9.69 Å². The summed E-state index contributed by atoms with van der Waals surface area (Å²) in [6.07, 6.45) is 2.07. The molecule has 0 radical (unpaired) electrons. The van der Waals surface area contributed by atoms with Gasteiger partial charge >= 0.3 is 0 Å². The third kappa shape index (κ3) is 2.78. The summed E-state index contributed by atoms with van der Waals surface area (Å²) >= 11 is 0. The second-order valence-electron chi connectivity index (χ2n) is 8.17. The molecule has 6 heteroatoms. The van der Waals surface area contributed by atoms with Gasteiger partial charge in [-0.15, -0.1) is 0 Å². The van der Waals surface area contributed by atoms with Crippen molar-refractivity contribution in [3.05, 3.63) is 65.2 Å². The van der Waals surface area contributed by atoms with E-state index in [4.69, 9.17) is 0 Å². The molecule has 0 aliphatic carbocycles. The van der Waals surface area contributed by atoms with Gasteiger partial charge in [0.25, 0.3) is 5.91 Å². The van der Waals surface area contributed by atoms with E-state index >= 15 is 0 Å². The number of halogens is 2. The van der Waals surface area contributed by atoms with Crippen LogP contribution in [0.5, 0.6) is 5.75 Å². The molecule has 1 amide bonds. The Kier molecular flexibility index (Phi) is 4.12. The van der Waals surface area contributed by atoms with Crippen LogP contribution in [-0.4, -0.2) is 52.5 Å². The number of carbonyl (C=O) groups excluding carboxylic acids is 1. The van der Waals surface area contributed by atoms with Crippen LogP contribution in [0.1, 0.15) is 34.7 Å². The van der Waals surface area contributed by atoms with E-state index in [9.17, 15) is 18.7 Å².